The zero-order valence-corrected chi connectivity index (χ0v) is 8.80. The van der Waals surface area contributed by atoms with Gasteiger partial charge in [0.2, 0.25) is 6.17 Å². The molecule has 88 valence electrons. The normalized spacial score (nSPS) is 13.2. The van der Waals surface area contributed by atoms with Crippen LogP contribution in [0.1, 0.15) is 11.7 Å². The van der Waals surface area contributed by atoms with Gasteiger partial charge in [-0.05, 0) is 6.07 Å². The van der Waals surface area contributed by atoms with Gasteiger partial charge in [0.05, 0.1) is 0 Å². The van der Waals surface area contributed by atoms with Crippen LogP contribution in [-0.2, 0) is 9.36 Å². The van der Waals surface area contributed by atoms with Crippen LogP contribution in [0.3, 0.4) is 0 Å². The number of halogens is 1. The molecule has 1 aromatic rings. The topological polar surface area (TPSA) is 110 Å². The van der Waals surface area contributed by atoms with Crippen molar-refractivity contribution in [1.29, 1.82) is 0 Å². The summed E-state index contributed by atoms with van der Waals surface area (Å²) in [6.07, 6.45) is -2.18. The number of benzene rings is 1. The van der Waals surface area contributed by atoms with Crippen molar-refractivity contribution in [3.63, 3.8) is 0 Å². The molecule has 0 spiro atoms. The van der Waals surface area contributed by atoms with E-state index in [0.29, 0.717) is 0 Å². The van der Waals surface area contributed by atoms with Crippen molar-refractivity contribution in [2.75, 3.05) is 0 Å². The van der Waals surface area contributed by atoms with E-state index in [0.717, 1.165) is 12.1 Å². The Morgan fingerprint density at radius 3 is 2.50 bits per heavy atom. The van der Waals surface area contributed by atoms with E-state index in [1.165, 1.54) is 12.1 Å². The standard InChI is InChI=1S/C8H9FNO5P/c9-7(8(10)11)5-3-1-2-4-6(5)15-16(12,13)14/h1-4,7H,(H2,10,11)(H2,12,13,14). The van der Waals surface area contributed by atoms with Crippen molar-refractivity contribution in [1.82, 2.24) is 0 Å². The summed E-state index contributed by atoms with van der Waals surface area (Å²) in [6.45, 7) is 0. The second-order valence-electron chi connectivity index (χ2n) is 2.88. The van der Waals surface area contributed by atoms with Crippen LogP contribution in [0.5, 0.6) is 5.75 Å². The lowest BCUT2D eigenvalue weighted by Crippen LogP contribution is -2.18. The van der Waals surface area contributed by atoms with Gasteiger partial charge in [-0.1, -0.05) is 18.2 Å². The quantitative estimate of drug-likeness (QED) is 0.678. The third kappa shape index (κ3) is 3.30. The second kappa shape index (κ2) is 4.61. The number of alkyl halides is 1. The Morgan fingerprint density at radius 2 is 2.00 bits per heavy atom. The molecule has 0 heterocycles. The fourth-order valence-electron chi connectivity index (χ4n) is 1.05. The van der Waals surface area contributed by atoms with Gasteiger partial charge in [0, 0.05) is 5.56 Å². The third-order valence-corrected chi connectivity index (χ3v) is 2.09. The predicted octanol–water partition coefficient (Wildman–Crippen LogP) is 0.654. The zero-order valence-electron chi connectivity index (χ0n) is 7.91. The summed E-state index contributed by atoms with van der Waals surface area (Å²) >= 11 is 0. The Bertz CT molecular complexity index is 446. The SMILES string of the molecule is NC(=O)C(F)c1ccccc1OP(=O)(O)O. The van der Waals surface area contributed by atoms with E-state index in [2.05, 4.69) is 4.52 Å². The average Bonchev–Trinajstić information content (AvgIpc) is 2.15. The second-order valence-corrected chi connectivity index (χ2v) is 4.05. The van der Waals surface area contributed by atoms with E-state index in [1.807, 2.05) is 0 Å². The van der Waals surface area contributed by atoms with E-state index in [4.69, 9.17) is 15.5 Å². The van der Waals surface area contributed by atoms with Gasteiger partial charge in [-0.25, -0.2) is 8.96 Å². The van der Waals surface area contributed by atoms with Gasteiger partial charge in [0.25, 0.3) is 5.91 Å². The number of carbonyl (C=O) groups is 1. The largest absolute Gasteiger partial charge is 0.524 e. The number of phosphoric acid groups is 1. The number of carbonyl (C=O) groups excluding carboxylic acids is 1. The Hall–Kier alpha value is -1.43. The molecule has 0 aliphatic heterocycles. The Kier molecular flexibility index (Phi) is 3.64. The summed E-state index contributed by atoms with van der Waals surface area (Å²) < 4.78 is 28.1. The van der Waals surface area contributed by atoms with Crippen molar-refractivity contribution in [2.24, 2.45) is 5.73 Å². The lowest BCUT2D eigenvalue weighted by Gasteiger charge is -2.12. The van der Waals surface area contributed by atoms with Crippen LogP contribution >= 0.6 is 7.82 Å². The minimum Gasteiger partial charge on any atom is -0.404 e. The van der Waals surface area contributed by atoms with Gasteiger partial charge in [-0.3, -0.25) is 14.6 Å². The van der Waals surface area contributed by atoms with E-state index < -0.39 is 25.7 Å². The van der Waals surface area contributed by atoms with E-state index >= 15 is 0 Å². The number of nitrogens with two attached hydrogens (primary N) is 1. The summed E-state index contributed by atoms with van der Waals surface area (Å²) in [4.78, 5) is 27.7. The van der Waals surface area contributed by atoms with Crippen LogP contribution in [0.25, 0.3) is 0 Å². The molecule has 0 aliphatic carbocycles. The smallest absolute Gasteiger partial charge is 0.404 e. The molecule has 0 saturated carbocycles. The summed E-state index contributed by atoms with van der Waals surface area (Å²) in [5.41, 5.74) is 4.42. The molecular weight excluding hydrogens is 240 g/mol. The highest BCUT2D eigenvalue weighted by molar-refractivity contribution is 7.46. The minimum absolute atomic E-state index is 0.321. The number of hydrogen-bond acceptors (Lipinski definition) is 3. The molecule has 0 saturated heterocycles. The van der Waals surface area contributed by atoms with Crippen molar-refractivity contribution < 1.29 is 28.1 Å². The maximum absolute atomic E-state index is 13.3. The molecule has 0 aromatic heterocycles. The third-order valence-electron chi connectivity index (χ3n) is 1.66. The fourth-order valence-corrected chi connectivity index (χ4v) is 1.48. The number of phosphoric ester groups is 1. The average molecular weight is 249 g/mol. The van der Waals surface area contributed by atoms with Crippen molar-refractivity contribution in [3.8, 4) is 5.75 Å². The summed E-state index contributed by atoms with van der Waals surface area (Å²) in [5, 5.41) is 0. The van der Waals surface area contributed by atoms with Gasteiger partial charge in [-0.2, -0.15) is 0 Å². The summed E-state index contributed by atoms with van der Waals surface area (Å²) in [6, 6.07) is 5.05. The molecule has 1 aromatic carbocycles. The molecular formula is C8H9FNO5P. The van der Waals surface area contributed by atoms with Crippen molar-refractivity contribution in [2.45, 2.75) is 6.17 Å². The van der Waals surface area contributed by atoms with Gasteiger partial charge >= 0.3 is 7.82 Å². The molecule has 1 rings (SSSR count). The molecule has 0 fully saturated rings. The monoisotopic (exact) mass is 249 g/mol. The minimum atomic E-state index is -4.80. The van der Waals surface area contributed by atoms with Crippen LogP contribution in [0, 0.1) is 0 Å². The van der Waals surface area contributed by atoms with Gasteiger partial charge < -0.3 is 10.3 Å². The maximum Gasteiger partial charge on any atom is 0.524 e. The van der Waals surface area contributed by atoms with Crippen LogP contribution in [0.2, 0.25) is 0 Å². The Labute approximate surface area is 90.1 Å². The van der Waals surface area contributed by atoms with E-state index in [1.54, 1.807) is 0 Å². The van der Waals surface area contributed by atoms with Crippen molar-refractivity contribution in [3.05, 3.63) is 29.8 Å². The first-order chi connectivity index (χ1) is 7.31. The van der Waals surface area contributed by atoms with Crippen molar-refractivity contribution >= 4 is 13.7 Å². The first kappa shape index (κ1) is 12.6. The lowest BCUT2D eigenvalue weighted by molar-refractivity contribution is -0.122. The molecule has 8 heteroatoms. The molecule has 1 atom stereocenters. The summed E-state index contributed by atoms with van der Waals surface area (Å²) in [5.74, 6) is -1.68. The number of rotatable bonds is 4. The first-order valence-electron chi connectivity index (χ1n) is 4.08. The molecule has 1 unspecified atom stereocenters. The highest BCUT2D eigenvalue weighted by Crippen LogP contribution is 2.40. The molecule has 0 radical (unpaired) electrons. The van der Waals surface area contributed by atoms with Crippen LogP contribution in [-0.4, -0.2) is 15.7 Å². The van der Waals surface area contributed by atoms with E-state index in [-0.39, 0.29) is 5.56 Å². The Morgan fingerprint density at radius 1 is 1.44 bits per heavy atom. The highest BCUT2D eigenvalue weighted by Gasteiger charge is 2.24. The van der Waals surface area contributed by atoms with Crippen LogP contribution < -0.4 is 10.3 Å². The van der Waals surface area contributed by atoms with Crippen LogP contribution in [0.4, 0.5) is 4.39 Å². The fraction of sp³-hybridized carbons (Fsp3) is 0.125. The van der Waals surface area contributed by atoms with Gasteiger partial charge in [-0.15, -0.1) is 0 Å². The van der Waals surface area contributed by atoms with Gasteiger partial charge in [0.15, 0.2) is 0 Å². The molecule has 0 bridgehead atoms. The molecule has 6 nitrogen and oxygen atoms in total. The molecule has 0 aliphatic rings. The van der Waals surface area contributed by atoms with Crippen LogP contribution in [0.15, 0.2) is 24.3 Å². The highest BCUT2D eigenvalue weighted by atomic mass is 31.2. The number of amides is 1. The van der Waals surface area contributed by atoms with E-state index in [9.17, 15) is 13.8 Å². The first-order valence-corrected chi connectivity index (χ1v) is 5.62. The number of primary amides is 1. The zero-order chi connectivity index (χ0) is 12.3. The molecule has 4 N–H and O–H groups in total. The maximum atomic E-state index is 13.3. The lowest BCUT2D eigenvalue weighted by atomic mass is 10.1. The Balaban J connectivity index is 3.10. The molecule has 1 amide bonds. The molecule has 16 heavy (non-hydrogen) atoms. The predicted molar refractivity (Wildman–Crippen MR) is 52.2 cm³/mol. The number of para-hydroxylation sites is 1. The van der Waals surface area contributed by atoms with Gasteiger partial charge in [0.1, 0.15) is 5.75 Å². The summed E-state index contributed by atoms with van der Waals surface area (Å²) in [7, 11) is -4.80. The number of hydrogen-bond donors (Lipinski definition) is 3.